The van der Waals surface area contributed by atoms with Crippen molar-refractivity contribution in [3.8, 4) is 5.75 Å². The summed E-state index contributed by atoms with van der Waals surface area (Å²) in [6.45, 7) is 10.8. The second-order valence-electron chi connectivity index (χ2n) is 8.94. The molecule has 0 bridgehead atoms. The van der Waals surface area contributed by atoms with Crippen molar-refractivity contribution >= 4 is 38.8 Å². The van der Waals surface area contributed by atoms with Crippen molar-refractivity contribution in [2.24, 2.45) is 0 Å². The van der Waals surface area contributed by atoms with Gasteiger partial charge in [-0.05, 0) is 0 Å². The van der Waals surface area contributed by atoms with E-state index in [0.29, 0.717) is 0 Å². The second-order valence-corrected chi connectivity index (χ2v) is 22.1. The van der Waals surface area contributed by atoms with E-state index in [1.165, 1.54) is 55.4 Å². The monoisotopic (exact) mass is 519 g/mol. The van der Waals surface area contributed by atoms with Gasteiger partial charge in [-0.3, -0.25) is 0 Å². The van der Waals surface area contributed by atoms with Crippen molar-refractivity contribution in [3.05, 3.63) is 36.4 Å². The predicted molar refractivity (Wildman–Crippen MR) is 133 cm³/mol. The summed E-state index contributed by atoms with van der Waals surface area (Å²) in [4.78, 5) is 12.7. The first-order valence-electron chi connectivity index (χ1n) is 12.0. The number of amides is 1. The molecular formula is C26H41NO2Sn. The van der Waals surface area contributed by atoms with E-state index >= 15 is 0 Å². The molecule has 0 heterocycles. The summed E-state index contributed by atoms with van der Waals surface area (Å²) in [5.74, 6) is 0.852. The Bertz CT molecular complexity index is 781. The minimum atomic E-state index is -2.76. The molecule has 2 aromatic rings. The number of carbonyl (C=O) groups excluding carboxylic acids is 1. The van der Waals surface area contributed by atoms with Crippen molar-refractivity contribution in [3.63, 3.8) is 0 Å². The number of ether oxygens (including phenoxy) is 1. The minimum absolute atomic E-state index is 0.0597. The number of rotatable bonds is 12. The summed E-state index contributed by atoms with van der Waals surface area (Å²) in [5, 5.41) is 5.16. The van der Waals surface area contributed by atoms with Gasteiger partial charge in [0.1, 0.15) is 0 Å². The third-order valence-corrected chi connectivity index (χ3v) is 21.7. The molecule has 0 unspecified atom stereocenters. The van der Waals surface area contributed by atoms with Gasteiger partial charge in [-0.2, -0.15) is 0 Å². The van der Waals surface area contributed by atoms with Crippen LogP contribution < -0.4 is 13.6 Å². The first-order chi connectivity index (χ1) is 14.5. The summed E-state index contributed by atoms with van der Waals surface area (Å²) in [7, 11) is 0. The van der Waals surface area contributed by atoms with Gasteiger partial charge in [-0.25, -0.2) is 0 Å². The molecule has 0 spiro atoms. The molecule has 0 fully saturated rings. The zero-order valence-corrected chi connectivity index (χ0v) is 22.6. The zero-order chi connectivity index (χ0) is 22.0. The van der Waals surface area contributed by atoms with Crippen LogP contribution in [0.2, 0.25) is 13.3 Å². The predicted octanol–water partition coefficient (Wildman–Crippen LogP) is 7.39. The van der Waals surface area contributed by atoms with E-state index in [-0.39, 0.29) is 12.1 Å². The number of fused-ring (bicyclic) bond motifs is 1. The molecule has 30 heavy (non-hydrogen) atoms. The van der Waals surface area contributed by atoms with E-state index in [4.69, 9.17) is 4.74 Å². The van der Waals surface area contributed by atoms with Crippen LogP contribution in [-0.4, -0.2) is 30.5 Å². The molecular weight excluding hydrogens is 477 g/mol. The van der Waals surface area contributed by atoms with Crippen molar-refractivity contribution in [1.82, 2.24) is 5.32 Å². The molecule has 0 radical (unpaired) electrons. The number of carbonyl (C=O) groups is 1. The van der Waals surface area contributed by atoms with E-state index in [9.17, 15) is 4.79 Å². The van der Waals surface area contributed by atoms with Crippen LogP contribution in [0.1, 0.15) is 73.1 Å². The molecule has 0 aliphatic rings. The molecule has 0 saturated carbocycles. The van der Waals surface area contributed by atoms with E-state index in [1.54, 1.807) is 0 Å². The SMILES string of the molecule is CCC[CH2][Sn]([CH2]CCC)([CH2]CCC)[c]1ccc2ccccc2c1OC(=O)NC(C)C. The van der Waals surface area contributed by atoms with Gasteiger partial charge in [0, 0.05) is 0 Å². The van der Waals surface area contributed by atoms with Crippen LogP contribution in [0.15, 0.2) is 36.4 Å². The molecule has 0 atom stereocenters. The Kier molecular flexibility index (Phi) is 10.5. The molecule has 3 nitrogen and oxygen atoms in total. The molecule has 2 aromatic carbocycles. The number of hydrogen-bond donors (Lipinski definition) is 1. The van der Waals surface area contributed by atoms with Crippen LogP contribution in [0.25, 0.3) is 10.8 Å². The van der Waals surface area contributed by atoms with Crippen LogP contribution in [-0.2, 0) is 0 Å². The van der Waals surface area contributed by atoms with E-state index in [0.717, 1.165) is 16.5 Å². The summed E-state index contributed by atoms with van der Waals surface area (Å²) in [5.41, 5.74) is 0. The van der Waals surface area contributed by atoms with Crippen LogP contribution in [0.5, 0.6) is 5.75 Å². The number of nitrogens with one attached hydrogen (secondary N) is 1. The zero-order valence-electron chi connectivity index (χ0n) is 19.7. The van der Waals surface area contributed by atoms with Crippen LogP contribution in [0.4, 0.5) is 4.79 Å². The molecule has 0 aliphatic carbocycles. The molecule has 0 saturated heterocycles. The van der Waals surface area contributed by atoms with Gasteiger partial charge < -0.3 is 0 Å². The summed E-state index contributed by atoms with van der Waals surface area (Å²) >= 11 is -2.76. The van der Waals surface area contributed by atoms with Gasteiger partial charge in [0.15, 0.2) is 0 Å². The Morgan fingerprint density at radius 2 is 1.47 bits per heavy atom. The van der Waals surface area contributed by atoms with E-state index in [1.807, 2.05) is 13.8 Å². The summed E-state index contributed by atoms with van der Waals surface area (Å²) < 4.78 is 11.6. The second kappa shape index (κ2) is 12.6. The van der Waals surface area contributed by atoms with Gasteiger partial charge in [-0.15, -0.1) is 0 Å². The Labute approximate surface area is 187 Å². The molecule has 0 aromatic heterocycles. The fourth-order valence-electron chi connectivity index (χ4n) is 4.45. The molecule has 0 aliphatic heterocycles. The molecule has 4 heteroatoms. The molecule has 166 valence electrons. The van der Waals surface area contributed by atoms with Gasteiger partial charge >= 0.3 is 188 Å². The topological polar surface area (TPSA) is 38.3 Å². The fourth-order valence-corrected chi connectivity index (χ4v) is 20.9. The van der Waals surface area contributed by atoms with Crippen molar-refractivity contribution in [2.75, 3.05) is 0 Å². The molecule has 1 N–H and O–H groups in total. The number of unbranched alkanes of at least 4 members (excludes halogenated alkanes) is 3. The maximum absolute atomic E-state index is 12.7. The Morgan fingerprint density at radius 1 is 0.900 bits per heavy atom. The van der Waals surface area contributed by atoms with Crippen LogP contribution >= 0.6 is 0 Å². The standard InChI is InChI=1S/C14H14NO2.3C4H9.Sn/c1-10(2)15-14(16)17-13-9-5-7-11-6-3-4-8-12(11)13;3*1-3-4-2;/h3-8,10H,1-2H3,(H,15,16);3*1,3-4H2,2H3;. The van der Waals surface area contributed by atoms with Gasteiger partial charge in [0.05, 0.1) is 0 Å². The third kappa shape index (κ3) is 6.63. The van der Waals surface area contributed by atoms with Crippen molar-refractivity contribution in [2.45, 2.75) is 92.5 Å². The van der Waals surface area contributed by atoms with E-state index in [2.05, 4.69) is 62.5 Å². The fraction of sp³-hybridized carbons (Fsp3) is 0.577. The number of benzene rings is 2. The first-order valence-corrected chi connectivity index (χ1v) is 19.5. The third-order valence-electron chi connectivity index (χ3n) is 6.08. The van der Waals surface area contributed by atoms with Gasteiger partial charge in [-0.1, -0.05) is 0 Å². The Balaban J connectivity index is 2.64. The molecule has 2 rings (SSSR count). The van der Waals surface area contributed by atoms with Crippen LogP contribution in [0.3, 0.4) is 0 Å². The van der Waals surface area contributed by atoms with Gasteiger partial charge in [0.2, 0.25) is 0 Å². The summed E-state index contributed by atoms with van der Waals surface area (Å²) in [6, 6.07) is 13.0. The number of hydrogen-bond acceptors (Lipinski definition) is 2. The average molecular weight is 518 g/mol. The normalized spacial score (nSPS) is 11.8. The first kappa shape index (κ1) is 25.0. The Morgan fingerprint density at radius 3 is 2.00 bits per heavy atom. The Hall–Kier alpha value is -1.23. The average Bonchev–Trinajstić information content (AvgIpc) is 2.73. The quantitative estimate of drug-likeness (QED) is 0.298. The maximum atomic E-state index is 12.7. The van der Waals surface area contributed by atoms with E-state index < -0.39 is 18.4 Å². The molecule has 1 amide bonds. The van der Waals surface area contributed by atoms with Crippen molar-refractivity contribution in [1.29, 1.82) is 0 Å². The summed E-state index contributed by atoms with van der Waals surface area (Å²) in [6.07, 6.45) is 7.22. The van der Waals surface area contributed by atoms with Crippen LogP contribution in [0, 0.1) is 0 Å². The van der Waals surface area contributed by atoms with Gasteiger partial charge in [0.25, 0.3) is 0 Å². The van der Waals surface area contributed by atoms with Crippen molar-refractivity contribution < 1.29 is 9.53 Å².